The highest BCUT2D eigenvalue weighted by molar-refractivity contribution is 6.31. The van der Waals surface area contributed by atoms with Crippen LogP contribution >= 0.6 is 11.6 Å². The second-order valence-electron chi connectivity index (χ2n) is 5.25. The third kappa shape index (κ3) is 3.22. The average Bonchev–Trinajstić information content (AvgIpc) is 2.70. The number of hydrogen-bond acceptors (Lipinski definition) is 3. The third-order valence-electron chi connectivity index (χ3n) is 3.85. The summed E-state index contributed by atoms with van der Waals surface area (Å²) in [5, 5.41) is 4.77. The first-order valence-corrected chi connectivity index (χ1v) is 7.27. The van der Waals surface area contributed by atoms with Gasteiger partial charge in [-0.15, -0.1) is 0 Å². The van der Waals surface area contributed by atoms with Crippen LogP contribution in [0.2, 0.25) is 5.15 Å². The van der Waals surface area contributed by atoms with Crippen molar-refractivity contribution in [2.24, 2.45) is 18.7 Å². The van der Waals surface area contributed by atoms with Crippen LogP contribution in [0, 0.1) is 12.8 Å². The summed E-state index contributed by atoms with van der Waals surface area (Å²) in [4.78, 5) is 14.0. The summed E-state index contributed by atoms with van der Waals surface area (Å²) in [7, 11) is 1.78. The van der Waals surface area contributed by atoms with E-state index in [1.54, 1.807) is 23.9 Å². The number of nitrogens with two attached hydrogens (primary N) is 1. The summed E-state index contributed by atoms with van der Waals surface area (Å²) in [6.07, 6.45) is 5.31. The van der Waals surface area contributed by atoms with Crippen molar-refractivity contribution >= 4 is 23.6 Å². The molecule has 0 unspecified atom stereocenters. The Kier molecular flexibility index (Phi) is 4.83. The Bertz CT molecular complexity index is 515. The molecule has 1 aromatic rings. The van der Waals surface area contributed by atoms with Gasteiger partial charge in [0.15, 0.2) is 0 Å². The molecule has 2 heterocycles. The maximum atomic E-state index is 12.1. The molecule has 0 spiro atoms. The van der Waals surface area contributed by atoms with Gasteiger partial charge in [0.1, 0.15) is 5.15 Å². The van der Waals surface area contributed by atoms with Crippen molar-refractivity contribution in [1.82, 2.24) is 14.7 Å². The summed E-state index contributed by atoms with van der Waals surface area (Å²) in [6.45, 7) is 4.15. The molecule has 0 aliphatic carbocycles. The van der Waals surface area contributed by atoms with Crippen molar-refractivity contribution in [3.63, 3.8) is 0 Å². The molecule has 0 bridgehead atoms. The summed E-state index contributed by atoms with van der Waals surface area (Å²) >= 11 is 6.13. The second kappa shape index (κ2) is 6.41. The van der Waals surface area contributed by atoms with E-state index in [2.05, 4.69) is 5.10 Å². The molecule has 110 valence electrons. The van der Waals surface area contributed by atoms with E-state index in [0.717, 1.165) is 37.2 Å². The number of likely N-dealkylation sites (tertiary alicyclic amines) is 1. The monoisotopic (exact) mass is 296 g/mol. The summed E-state index contributed by atoms with van der Waals surface area (Å²) in [6, 6.07) is 0. The number of aryl methyl sites for hydroxylation is 2. The van der Waals surface area contributed by atoms with Crippen molar-refractivity contribution in [2.75, 3.05) is 19.6 Å². The number of amides is 1. The fraction of sp³-hybridized carbons (Fsp3) is 0.571. The fourth-order valence-electron chi connectivity index (χ4n) is 2.48. The molecule has 0 saturated carbocycles. The first-order chi connectivity index (χ1) is 9.52. The van der Waals surface area contributed by atoms with E-state index < -0.39 is 0 Å². The number of rotatable bonds is 3. The van der Waals surface area contributed by atoms with E-state index in [0.29, 0.717) is 17.6 Å². The maximum Gasteiger partial charge on any atom is 0.246 e. The minimum Gasteiger partial charge on any atom is -0.339 e. The van der Waals surface area contributed by atoms with E-state index >= 15 is 0 Å². The zero-order valence-corrected chi connectivity index (χ0v) is 12.7. The molecule has 0 aromatic carbocycles. The molecule has 20 heavy (non-hydrogen) atoms. The molecule has 1 aliphatic rings. The molecule has 1 aromatic heterocycles. The Morgan fingerprint density at radius 3 is 2.65 bits per heavy atom. The van der Waals surface area contributed by atoms with Crippen LogP contribution < -0.4 is 5.73 Å². The van der Waals surface area contributed by atoms with E-state index in [1.807, 2.05) is 11.8 Å². The van der Waals surface area contributed by atoms with Crippen LogP contribution in [0.5, 0.6) is 0 Å². The number of hydrogen-bond donors (Lipinski definition) is 1. The van der Waals surface area contributed by atoms with Gasteiger partial charge in [0, 0.05) is 31.8 Å². The Hall–Kier alpha value is -1.33. The number of aromatic nitrogens is 2. The van der Waals surface area contributed by atoms with Gasteiger partial charge in [-0.3, -0.25) is 9.48 Å². The van der Waals surface area contributed by atoms with Gasteiger partial charge < -0.3 is 10.6 Å². The molecule has 0 atom stereocenters. The topological polar surface area (TPSA) is 64.2 Å². The van der Waals surface area contributed by atoms with Crippen molar-refractivity contribution in [3.8, 4) is 0 Å². The van der Waals surface area contributed by atoms with Gasteiger partial charge in [-0.05, 0) is 38.3 Å². The van der Waals surface area contributed by atoms with Gasteiger partial charge >= 0.3 is 0 Å². The van der Waals surface area contributed by atoms with Crippen molar-refractivity contribution in [1.29, 1.82) is 0 Å². The molecule has 1 fully saturated rings. The van der Waals surface area contributed by atoms with Gasteiger partial charge in [0.2, 0.25) is 5.91 Å². The standard InChI is InChI=1S/C14H21ClN4O/c1-10-12(14(15)18(2)17-10)3-4-13(20)19-7-5-11(9-16)6-8-19/h3-4,11H,5-9,16H2,1-2H3/b4-3+. The van der Waals surface area contributed by atoms with Gasteiger partial charge in [-0.25, -0.2) is 0 Å². The lowest BCUT2D eigenvalue weighted by Crippen LogP contribution is -2.39. The predicted octanol–water partition coefficient (Wildman–Crippen LogP) is 1.59. The Balaban J connectivity index is 1.99. The van der Waals surface area contributed by atoms with Crippen LogP contribution in [0.4, 0.5) is 0 Å². The fourth-order valence-corrected chi connectivity index (χ4v) is 2.72. The highest BCUT2D eigenvalue weighted by Gasteiger charge is 2.20. The number of carbonyl (C=O) groups is 1. The largest absolute Gasteiger partial charge is 0.339 e. The van der Waals surface area contributed by atoms with Crippen LogP contribution in [0.1, 0.15) is 24.1 Å². The van der Waals surface area contributed by atoms with Crippen LogP contribution in [0.3, 0.4) is 0 Å². The molecule has 2 N–H and O–H groups in total. The SMILES string of the molecule is Cc1nn(C)c(Cl)c1/C=C/C(=O)N1CCC(CN)CC1. The first kappa shape index (κ1) is 15.1. The number of piperidine rings is 1. The smallest absolute Gasteiger partial charge is 0.246 e. The molecular formula is C14H21ClN4O. The molecule has 1 aliphatic heterocycles. The van der Waals surface area contributed by atoms with E-state index in [-0.39, 0.29) is 5.91 Å². The Morgan fingerprint density at radius 1 is 1.50 bits per heavy atom. The van der Waals surface area contributed by atoms with Crippen molar-refractivity contribution < 1.29 is 4.79 Å². The average molecular weight is 297 g/mol. The normalized spacial score (nSPS) is 17.1. The summed E-state index contributed by atoms with van der Waals surface area (Å²) in [5.74, 6) is 0.581. The molecule has 6 heteroatoms. The number of halogens is 1. The van der Waals surface area contributed by atoms with Crippen molar-refractivity contribution in [3.05, 3.63) is 22.5 Å². The summed E-state index contributed by atoms with van der Waals surface area (Å²) < 4.78 is 1.60. The van der Waals surface area contributed by atoms with Crippen LogP contribution in [0.15, 0.2) is 6.08 Å². The highest BCUT2D eigenvalue weighted by atomic mass is 35.5. The van der Waals surface area contributed by atoms with Gasteiger partial charge in [0.25, 0.3) is 0 Å². The summed E-state index contributed by atoms with van der Waals surface area (Å²) in [5.41, 5.74) is 7.28. The second-order valence-corrected chi connectivity index (χ2v) is 5.61. The van der Waals surface area contributed by atoms with Gasteiger partial charge in [-0.2, -0.15) is 5.10 Å². The third-order valence-corrected chi connectivity index (χ3v) is 4.30. The molecular weight excluding hydrogens is 276 g/mol. The van der Waals surface area contributed by atoms with E-state index in [4.69, 9.17) is 17.3 Å². The number of carbonyl (C=O) groups excluding carboxylic acids is 1. The number of nitrogens with zero attached hydrogens (tertiary/aromatic N) is 3. The van der Waals surface area contributed by atoms with Crippen LogP contribution in [-0.2, 0) is 11.8 Å². The minimum absolute atomic E-state index is 0.0276. The highest BCUT2D eigenvalue weighted by Crippen LogP contribution is 2.21. The van der Waals surface area contributed by atoms with E-state index in [9.17, 15) is 4.79 Å². The lowest BCUT2D eigenvalue weighted by Gasteiger charge is -2.30. The molecule has 5 nitrogen and oxygen atoms in total. The van der Waals surface area contributed by atoms with Gasteiger partial charge in [-0.1, -0.05) is 11.6 Å². The van der Waals surface area contributed by atoms with Crippen LogP contribution in [0.25, 0.3) is 6.08 Å². The predicted molar refractivity (Wildman–Crippen MR) is 80.3 cm³/mol. The van der Waals surface area contributed by atoms with E-state index in [1.165, 1.54) is 0 Å². The Labute approximate surface area is 124 Å². The molecule has 0 radical (unpaired) electrons. The zero-order valence-electron chi connectivity index (χ0n) is 12.0. The molecule has 1 saturated heterocycles. The maximum absolute atomic E-state index is 12.1. The minimum atomic E-state index is 0.0276. The Morgan fingerprint density at radius 2 is 2.15 bits per heavy atom. The zero-order chi connectivity index (χ0) is 14.7. The first-order valence-electron chi connectivity index (χ1n) is 6.89. The molecule has 1 amide bonds. The van der Waals surface area contributed by atoms with Crippen LogP contribution in [-0.4, -0.2) is 40.2 Å². The quantitative estimate of drug-likeness (QED) is 0.862. The van der Waals surface area contributed by atoms with Crippen molar-refractivity contribution in [2.45, 2.75) is 19.8 Å². The molecule has 2 rings (SSSR count). The van der Waals surface area contributed by atoms with Gasteiger partial charge in [0.05, 0.1) is 5.69 Å². The lowest BCUT2D eigenvalue weighted by molar-refractivity contribution is -0.127. The lowest BCUT2D eigenvalue weighted by atomic mass is 9.97.